The Kier molecular flexibility index (Phi) is 5.62. The minimum absolute atomic E-state index is 0.0173. The zero-order valence-electron chi connectivity index (χ0n) is 12.8. The standard InChI is InChI=1S/C14H28N2O3/c1-11(2)8-15-6-7-16(9-12(15)10-17)13(18)19-14(3,4)5/h11-12,17H,6-10H2,1-5H3/t12-/m1/s1. The molecule has 1 saturated heterocycles. The highest BCUT2D eigenvalue weighted by Gasteiger charge is 2.31. The molecule has 1 rings (SSSR count). The highest BCUT2D eigenvalue weighted by atomic mass is 16.6. The number of nitrogens with zero attached hydrogens (tertiary/aromatic N) is 2. The third kappa shape index (κ3) is 5.37. The number of aliphatic hydroxyl groups excluding tert-OH is 1. The van der Waals surface area contributed by atoms with Crippen molar-refractivity contribution in [3.8, 4) is 0 Å². The van der Waals surface area contributed by atoms with Gasteiger partial charge in [0.05, 0.1) is 12.6 Å². The topological polar surface area (TPSA) is 53.0 Å². The first-order valence-corrected chi connectivity index (χ1v) is 7.05. The average Bonchev–Trinajstić information content (AvgIpc) is 2.26. The number of hydrogen-bond acceptors (Lipinski definition) is 4. The van der Waals surface area contributed by atoms with Gasteiger partial charge in [0.2, 0.25) is 0 Å². The van der Waals surface area contributed by atoms with E-state index in [1.165, 1.54) is 0 Å². The van der Waals surface area contributed by atoms with E-state index in [9.17, 15) is 9.90 Å². The van der Waals surface area contributed by atoms with Crippen LogP contribution in [0.5, 0.6) is 0 Å². The molecular formula is C14H28N2O3. The van der Waals surface area contributed by atoms with Crippen LogP contribution in [0.2, 0.25) is 0 Å². The average molecular weight is 272 g/mol. The Labute approximate surface area is 116 Å². The highest BCUT2D eigenvalue weighted by Crippen LogP contribution is 2.15. The predicted octanol–water partition coefficient (Wildman–Crippen LogP) is 1.56. The fourth-order valence-electron chi connectivity index (χ4n) is 2.27. The summed E-state index contributed by atoms with van der Waals surface area (Å²) in [6.07, 6.45) is -0.282. The van der Waals surface area contributed by atoms with Crippen LogP contribution in [0.4, 0.5) is 4.79 Å². The van der Waals surface area contributed by atoms with Crippen molar-refractivity contribution in [3.05, 3.63) is 0 Å². The number of ether oxygens (including phenoxy) is 1. The van der Waals surface area contributed by atoms with E-state index in [0.717, 1.165) is 13.1 Å². The SMILES string of the molecule is CC(C)CN1CCN(C(=O)OC(C)(C)C)C[C@@H]1CO. The Bertz CT molecular complexity index is 300. The van der Waals surface area contributed by atoms with Crippen molar-refractivity contribution in [3.63, 3.8) is 0 Å². The van der Waals surface area contributed by atoms with Gasteiger partial charge >= 0.3 is 6.09 Å². The van der Waals surface area contributed by atoms with Crippen LogP contribution in [-0.4, -0.2) is 65.4 Å². The Balaban J connectivity index is 2.56. The van der Waals surface area contributed by atoms with Gasteiger partial charge in [-0.3, -0.25) is 4.90 Å². The molecule has 0 aromatic heterocycles. The molecule has 1 N–H and O–H groups in total. The van der Waals surface area contributed by atoms with Crippen molar-refractivity contribution in [2.45, 2.75) is 46.3 Å². The van der Waals surface area contributed by atoms with Gasteiger partial charge in [-0.15, -0.1) is 0 Å². The molecule has 0 unspecified atom stereocenters. The Morgan fingerprint density at radius 2 is 2.00 bits per heavy atom. The molecule has 0 aromatic rings. The van der Waals surface area contributed by atoms with Crippen LogP contribution in [0.15, 0.2) is 0 Å². The number of carbonyl (C=O) groups is 1. The molecule has 5 heteroatoms. The highest BCUT2D eigenvalue weighted by molar-refractivity contribution is 5.68. The van der Waals surface area contributed by atoms with Crippen LogP contribution in [0.1, 0.15) is 34.6 Å². The predicted molar refractivity (Wildman–Crippen MR) is 75.1 cm³/mol. The van der Waals surface area contributed by atoms with Gasteiger partial charge in [0.25, 0.3) is 0 Å². The summed E-state index contributed by atoms with van der Waals surface area (Å²) in [4.78, 5) is 16.0. The Hall–Kier alpha value is -0.810. The van der Waals surface area contributed by atoms with Gasteiger partial charge in [-0.1, -0.05) is 13.8 Å². The lowest BCUT2D eigenvalue weighted by molar-refractivity contribution is -0.00645. The smallest absolute Gasteiger partial charge is 0.410 e. The molecule has 0 bridgehead atoms. The maximum absolute atomic E-state index is 12.0. The molecule has 1 amide bonds. The third-order valence-electron chi connectivity index (χ3n) is 3.07. The van der Waals surface area contributed by atoms with Crippen LogP contribution in [-0.2, 0) is 4.74 Å². The number of amides is 1. The normalized spacial score (nSPS) is 21.8. The first-order chi connectivity index (χ1) is 8.73. The molecule has 0 radical (unpaired) electrons. The van der Waals surface area contributed by atoms with Crippen LogP contribution in [0.25, 0.3) is 0 Å². The van der Waals surface area contributed by atoms with E-state index in [2.05, 4.69) is 18.7 Å². The molecule has 0 saturated carbocycles. The molecule has 1 heterocycles. The number of piperazine rings is 1. The van der Waals surface area contributed by atoms with Crippen molar-refractivity contribution in [1.82, 2.24) is 9.80 Å². The van der Waals surface area contributed by atoms with Crippen molar-refractivity contribution < 1.29 is 14.6 Å². The number of carbonyl (C=O) groups excluding carboxylic acids is 1. The largest absolute Gasteiger partial charge is 0.444 e. The molecule has 0 aromatic carbocycles. The summed E-state index contributed by atoms with van der Waals surface area (Å²) in [6, 6.07) is 0.0173. The van der Waals surface area contributed by atoms with Crippen molar-refractivity contribution in [2.75, 3.05) is 32.8 Å². The number of rotatable bonds is 3. The second-order valence-corrected chi connectivity index (χ2v) is 6.65. The van der Waals surface area contributed by atoms with Gasteiger partial charge < -0.3 is 14.7 Å². The Morgan fingerprint density at radius 3 is 2.47 bits per heavy atom. The first kappa shape index (κ1) is 16.2. The van der Waals surface area contributed by atoms with E-state index >= 15 is 0 Å². The quantitative estimate of drug-likeness (QED) is 0.847. The fourth-order valence-corrected chi connectivity index (χ4v) is 2.27. The number of hydrogen-bond donors (Lipinski definition) is 1. The number of aliphatic hydroxyl groups is 1. The maximum Gasteiger partial charge on any atom is 0.410 e. The van der Waals surface area contributed by atoms with E-state index in [-0.39, 0.29) is 18.7 Å². The second-order valence-electron chi connectivity index (χ2n) is 6.65. The van der Waals surface area contributed by atoms with E-state index in [1.807, 2.05) is 20.8 Å². The summed E-state index contributed by atoms with van der Waals surface area (Å²) in [5.41, 5.74) is -0.471. The summed E-state index contributed by atoms with van der Waals surface area (Å²) in [7, 11) is 0. The molecule has 1 aliphatic rings. The van der Waals surface area contributed by atoms with Gasteiger partial charge in [-0.25, -0.2) is 4.79 Å². The fraction of sp³-hybridized carbons (Fsp3) is 0.929. The summed E-state index contributed by atoms with van der Waals surface area (Å²) in [5.74, 6) is 0.558. The summed E-state index contributed by atoms with van der Waals surface area (Å²) in [6.45, 7) is 12.9. The van der Waals surface area contributed by atoms with Gasteiger partial charge in [-0.05, 0) is 26.7 Å². The van der Waals surface area contributed by atoms with E-state index in [1.54, 1.807) is 4.90 Å². The minimum Gasteiger partial charge on any atom is -0.444 e. The minimum atomic E-state index is -0.471. The van der Waals surface area contributed by atoms with Gasteiger partial charge in [0.1, 0.15) is 5.60 Å². The molecule has 5 nitrogen and oxygen atoms in total. The third-order valence-corrected chi connectivity index (χ3v) is 3.07. The molecule has 112 valence electrons. The lowest BCUT2D eigenvalue weighted by atomic mass is 10.1. The van der Waals surface area contributed by atoms with Gasteiger partial charge in [-0.2, -0.15) is 0 Å². The van der Waals surface area contributed by atoms with Crippen molar-refractivity contribution in [1.29, 1.82) is 0 Å². The lowest BCUT2D eigenvalue weighted by Gasteiger charge is -2.41. The summed E-state index contributed by atoms with van der Waals surface area (Å²) < 4.78 is 5.37. The van der Waals surface area contributed by atoms with Crippen LogP contribution < -0.4 is 0 Å². The van der Waals surface area contributed by atoms with Gasteiger partial charge in [0, 0.05) is 26.2 Å². The van der Waals surface area contributed by atoms with Crippen LogP contribution in [0, 0.1) is 5.92 Å². The first-order valence-electron chi connectivity index (χ1n) is 7.05. The molecule has 19 heavy (non-hydrogen) atoms. The van der Waals surface area contributed by atoms with Crippen LogP contribution in [0.3, 0.4) is 0 Å². The zero-order valence-corrected chi connectivity index (χ0v) is 12.8. The zero-order chi connectivity index (χ0) is 14.6. The van der Waals surface area contributed by atoms with E-state index in [0.29, 0.717) is 19.0 Å². The summed E-state index contributed by atoms with van der Waals surface area (Å²) >= 11 is 0. The van der Waals surface area contributed by atoms with Gasteiger partial charge in [0.15, 0.2) is 0 Å². The molecule has 0 spiro atoms. The van der Waals surface area contributed by atoms with Crippen molar-refractivity contribution in [2.24, 2.45) is 5.92 Å². The second kappa shape index (κ2) is 6.57. The molecule has 0 aliphatic carbocycles. The Morgan fingerprint density at radius 1 is 1.37 bits per heavy atom. The molecule has 1 aliphatic heterocycles. The lowest BCUT2D eigenvalue weighted by Crippen LogP contribution is -2.57. The van der Waals surface area contributed by atoms with Crippen molar-refractivity contribution >= 4 is 6.09 Å². The monoisotopic (exact) mass is 272 g/mol. The molecular weight excluding hydrogens is 244 g/mol. The molecule has 1 atom stereocenters. The van der Waals surface area contributed by atoms with E-state index < -0.39 is 5.60 Å². The summed E-state index contributed by atoms with van der Waals surface area (Å²) in [5, 5.41) is 9.49. The van der Waals surface area contributed by atoms with E-state index in [4.69, 9.17) is 4.74 Å². The molecule has 1 fully saturated rings. The van der Waals surface area contributed by atoms with Crippen LogP contribution >= 0.6 is 0 Å². The maximum atomic E-state index is 12.0.